The Kier molecular flexibility index (Phi) is 4.43. The normalized spacial score (nSPS) is 10.6. The second-order valence-corrected chi connectivity index (χ2v) is 5.14. The van der Waals surface area contributed by atoms with E-state index in [0.717, 1.165) is 27.7 Å². The zero-order chi connectivity index (χ0) is 13.0. The molecule has 0 aliphatic carbocycles. The van der Waals surface area contributed by atoms with Crippen LogP contribution in [0.15, 0.2) is 27.7 Å². The van der Waals surface area contributed by atoms with Crippen LogP contribution in [0.1, 0.15) is 6.92 Å². The summed E-state index contributed by atoms with van der Waals surface area (Å²) < 4.78 is 1.72. The molecule has 8 heteroatoms. The standard InChI is InChI=1S/C10H14N6S2/c1-4-11-7-5-8(15-9(14-7)17-3)18-10-12-6-13-16(10)2/h5-6H,4H2,1-3H3,(H,11,14,15). The molecular weight excluding hydrogens is 268 g/mol. The molecule has 96 valence electrons. The summed E-state index contributed by atoms with van der Waals surface area (Å²) in [6, 6.07) is 1.92. The average Bonchev–Trinajstić information content (AvgIpc) is 2.75. The maximum Gasteiger partial charge on any atom is 0.192 e. The van der Waals surface area contributed by atoms with Gasteiger partial charge in [-0.15, -0.1) is 0 Å². The van der Waals surface area contributed by atoms with Gasteiger partial charge in [0.2, 0.25) is 0 Å². The zero-order valence-electron chi connectivity index (χ0n) is 10.4. The van der Waals surface area contributed by atoms with Crippen LogP contribution >= 0.6 is 23.5 Å². The van der Waals surface area contributed by atoms with Crippen LogP contribution in [-0.2, 0) is 7.05 Å². The van der Waals surface area contributed by atoms with Crippen molar-refractivity contribution in [2.75, 3.05) is 18.1 Å². The second-order valence-electron chi connectivity index (χ2n) is 3.38. The first kappa shape index (κ1) is 13.2. The molecule has 0 aromatic carbocycles. The minimum absolute atomic E-state index is 0.748. The molecule has 2 aromatic heterocycles. The minimum atomic E-state index is 0.748. The molecule has 0 unspecified atom stereocenters. The molecule has 2 rings (SSSR count). The lowest BCUT2D eigenvalue weighted by Crippen LogP contribution is -2.02. The molecule has 18 heavy (non-hydrogen) atoms. The Morgan fingerprint density at radius 2 is 2.22 bits per heavy atom. The van der Waals surface area contributed by atoms with E-state index in [2.05, 4.69) is 25.4 Å². The first-order valence-corrected chi connectivity index (χ1v) is 7.46. The van der Waals surface area contributed by atoms with E-state index < -0.39 is 0 Å². The van der Waals surface area contributed by atoms with Crippen LogP contribution in [0.4, 0.5) is 5.82 Å². The van der Waals surface area contributed by atoms with Gasteiger partial charge in [0.15, 0.2) is 10.3 Å². The first-order chi connectivity index (χ1) is 8.72. The van der Waals surface area contributed by atoms with E-state index in [9.17, 15) is 0 Å². The highest BCUT2D eigenvalue weighted by Crippen LogP contribution is 2.26. The summed E-state index contributed by atoms with van der Waals surface area (Å²) in [6.07, 6.45) is 3.49. The molecular formula is C10H14N6S2. The summed E-state index contributed by atoms with van der Waals surface area (Å²) in [6.45, 7) is 2.87. The predicted molar refractivity (Wildman–Crippen MR) is 73.1 cm³/mol. The summed E-state index contributed by atoms with van der Waals surface area (Å²) in [5, 5.41) is 9.65. The maximum atomic E-state index is 4.44. The van der Waals surface area contributed by atoms with Crippen molar-refractivity contribution in [3.63, 3.8) is 0 Å². The van der Waals surface area contributed by atoms with Gasteiger partial charge in [-0.2, -0.15) is 5.10 Å². The number of aromatic nitrogens is 5. The fourth-order valence-corrected chi connectivity index (χ4v) is 2.50. The van der Waals surface area contributed by atoms with E-state index in [1.54, 1.807) is 4.68 Å². The number of nitrogens with one attached hydrogen (secondary N) is 1. The highest BCUT2D eigenvalue weighted by atomic mass is 32.2. The number of nitrogens with zero attached hydrogens (tertiary/aromatic N) is 5. The van der Waals surface area contributed by atoms with Crippen molar-refractivity contribution in [1.29, 1.82) is 0 Å². The third kappa shape index (κ3) is 3.14. The quantitative estimate of drug-likeness (QED) is 0.510. The molecule has 0 radical (unpaired) electrons. The molecule has 0 fully saturated rings. The summed E-state index contributed by atoms with van der Waals surface area (Å²) in [7, 11) is 1.86. The van der Waals surface area contributed by atoms with Crippen molar-refractivity contribution in [3.05, 3.63) is 12.4 Å². The van der Waals surface area contributed by atoms with Gasteiger partial charge in [-0.25, -0.2) is 19.6 Å². The third-order valence-corrected chi connectivity index (χ3v) is 3.61. The van der Waals surface area contributed by atoms with Crippen LogP contribution in [0.2, 0.25) is 0 Å². The number of thioether (sulfide) groups is 1. The summed E-state index contributed by atoms with van der Waals surface area (Å²) in [5.74, 6) is 0.835. The Bertz CT molecular complexity index is 527. The Morgan fingerprint density at radius 1 is 1.39 bits per heavy atom. The Hall–Kier alpha value is -1.28. The van der Waals surface area contributed by atoms with Gasteiger partial charge in [0.25, 0.3) is 0 Å². The van der Waals surface area contributed by atoms with E-state index >= 15 is 0 Å². The highest BCUT2D eigenvalue weighted by Gasteiger charge is 2.08. The molecule has 6 nitrogen and oxygen atoms in total. The highest BCUT2D eigenvalue weighted by molar-refractivity contribution is 7.99. The lowest BCUT2D eigenvalue weighted by molar-refractivity contribution is 0.684. The fourth-order valence-electron chi connectivity index (χ4n) is 1.29. The maximum absolute atomic E-state index is 4.44. The molecule has 0 saturated heterocycles. The first-order valence-electron chi connectivity index (χ1n) is 5.41. The molecule has 0 aliphatic heterocycles. The zero-order valence-corrected chi connectivity index (χ0v) is 12.0. The van der Waals surface area contributed by atoms with Crippen molar-refractivity contribution in [1.82, 2.24) is 24.7 Å². The van der Waals surface area contributed by atoms with Crippen molar-refractivity contribution in [2.45, 2.75) is 22.3 Å². The van der Waals surface area contributed by atoms with Gasteiger partial charge in [0.05, 0.1) is 0 Å². The van der Waals surface area contributed by atoms with E-state index in [-0.39, 0.29) is 0 Å². The smallest absolute Gasteiger partial charge is 0.192 e. The van der Waals surface area contributed by atoms with Gasteiger partial charge in [-0.3, -0.25) is 0 Å². The third-order valence-electron chi connectivity index (χ3n) is 2.09. The van der Waals surface area contributed by atoms with Gasteiger partial charge in [0, 0.05) is 19.7 Å². The van der Waals surface area contributed by atoms with E-state index in [1.807, 2.05) is 26.3 Å². The minimum Gasteiger partial charge on any atom is -0.370 e. The van der Waals surface area contributed by atoms with Crippen LogP contribution in [0.3, 0.4) is 0 Å². The molecule has 2 aromatic rings. The van der Waals surface area contributed by atoms with Crippen molar-refractivity contribution in [3.8, 4) is 0 Å². The number of hydrogen-bond donors (Lipinski definition) is 1. The number of hydrogen-bond acceptors (Lipinski definition) is 7. The topological polar surface area (TPSA) is 68.5 Å². The number of rotatable bonds is 5. The van der Waals surface area contributed by atoms with Crippen molar-refractivity contribution < 1.29 is 0 Å². The number of anilines is 1. The van der Waals surface area contributed by atoms with Gasteiger partial charge in [0.1, 0.15) is 17.2 Å². The summed E-state index contributed by atoms with van der Waals surface area (Å²) in [4.78, 5) is 13.0. The molecule has 0 atom stereocenters. The van der Waals surface area contributed by atoms with Gasteiger partial charge in [-0.1, -0.05) is 11.8 Å². The lowest BCUT2D eigenvalue weighted by Gasteiger charge is -2.06. The van der Waals surface area contributed by atoms with E-state index in [1.165, 1.54) is 29.9 Å². The number of aryl methyl sites for hydroxylation is 1. The predicted octanol–water partition coefficient (Wildman–Crippen LogP) is 1.91. The van der Waals surface area contributed by atoms with Crippen LogP contribution in [0, 0.1) is 0 Å². The van der Waals surface area contributed by atoms with Crippen LogP contribution in [0.5, 0.6) is 0 Å². The molecule has 0 aliphatic rings. The van der Waals surface area contributed by atoms with Crippen molar-refractivity contribution >= 4 is 29.3 Å². The largest absolute Gasteiger partial charge is 0.370 e. The summed E-state index contributed by atoms with van der Waals surface area (Å²) in [5.41, 5.74) is 0. The molecule has 0 saturated carbocycles. The van der Waals surface area contributed by atoms with Gasteiger partial charge >= 0.3 is 0 Å². The second kappa shape index (κ2) is 6.05. The van der Waals surface area contributed by atoms with Crippen molar-refractivity contribution in [2.24, 2.45) is 7.05 Å². The lowest BCUT2D eigenvalue weighted by atomic mass is 10.5. The van der Waals surface area contributed by atoms with Crippen LogP contribution in [0.25, 0.3) is 0 Å². The van der Waals surface area contributed by atoms with Crippen LogP contribution < -0.4 is 5.32 Å². The Labute approximate surface area is 114 Å². The molecule has 2 heterocycles. The Balaban J connectivity index is 2.26. The fraction of sp³-hybridized carbons (Fsp3) is 0.400. The average molecular weight is 282 g/mol. The molecule has 1 N–H and O–H groups in total. The summed E-state index contributed by atoms with van der Waals surface area (Å²) >= 11 is 3.00. The van der Waals surface area contributed by atoms with E-state index in [4.69, 9.17) is 0 Å². The van der Waals surface area contributed by atoms with Crippen LogP contribution in [-0.4, -0.2) is 37.5 Å². The SMILES string of the molecule is CCNc1cc(Sc2ncnn2C)nc(SC)n1. The monoisotopic (exact) mass is 282 g/mol. The molecule has 0 amide bonds. The van der Waals surface area contributed by atoms with Gasteiger partial charge < -0.3 is 5.32 Å². The Morgan fingerprint density at radius 3 is 2.83 bits per heavy atom. The van der Waals surface area contributed by atoms with E-state index in [0.29, 0.717) is 0 Å². The van der Waals surface area contributed by atoms with Gasteiger partial charge in [-0.05, 0) is 24.9 Å². The molecule has 0 bridgehead atoms. The molecule has 0 spiro atoms.